The van der Waals surface area contributed by atoms with Gasteiger partial charge in [-0.1, -0.05) is 177 Å². The number of anilines is 2. The van der Waals surface area contributed by atoms with E-state index in [1.807, 2.05) is 115 Å². The molecule has 352 valence electrons. The van der Waals surface area contributed by atoms with E-state index in [1.54, 1.807) is 27.3 Å². The van der Waals surface area contributed by atoms with Crippen molar-refractivity contribution in [3.8, 4) is 56.7 Å². The predicted octanol–water partition coefficient (Wildman–Crippen LogP) is 12.7. The van der Waals surface area contributed by atoms with Gasteiger partial charge in [-0.2, -0.15) is 18.2 Å². The second-order valence-electron chi connectivity index (χ2n) is 18.4. The number of para-hydroxylation sites is 8. The third-order valence-electron chi connectivity index (χ3n) is 13.0. The minimum Gasteiger partial charge on any atom is -0.483 e. The molecule has 0 radical (unpaired) electrons. The summed E-state index contributed by atoms with van der Waals surface area (Å²) in [7, 11) is 0. The maximum Gasteiger partial charge on any atom is 0.268 e. The van der Waals surface area contributed by atoms with E-state index >= 15 is 0 Å². The summed E-state index contributed by atoms with van der Waals surface area (Å²) in [6, 6.07) is 43.4. The number of rotatable bonds is 6. The van der Waals surface area contributed by atoms with Crippen molar-refractivity contribution in [2.24, 2.45) is 0 Å². The van der Waals surface area contributed by atoms with E-state index in [9.17, 15) is 0 Å². The zero-order chi connectivity index (χ0) is 56.3. The normalized spacial score (nSPS) is 16.8. The second kappa shape index (κ2) is 18.2. The average molecular weight is 1120 g/mol. The third kappa shape index (κ3) is 7.73. The van der Waals surface area contributed by atoms with Crippen LogP contribution in [0.1, 0.15) is 40.0 Å². The maximum absolute atomic E-state index is 9.17. The van der Waals surface area contributed by atoms with Gasteiger partial charge in [-0.15, -0.1) is 22.7 Å². The molecule has 13 rings (SSSR count). The van der Waals surface area contributed by atoms with Crippen molar-refractivity contribution in [2.75, 3.05) is 4.90 Å². The molecule has 0 spiro atoms. The van der Waals surface area contributed by atoms with E-state index in [2.05, 4.69) is 73.0 Å². The zero-order valence-electron chi connectivity index (χ0n) is 49.0. The van der Waals surface area contributed by atoms with Gasteiger partial charge in [0.2, 0.25) is 0 Å². The van der Waals surface area contributed by atoms with Crippen molar-refractivity contribution in [1.29, 1.82) is 0 Å². The van der Waals surface area contributed by atoms with E-state index in [-0.39, 0.29) is 54.4 Å². The van der Waals surface area contributed by atoms with Gasteiger partial charge in [-0.25, -0.2) is 11.1 Å². The van der Waals surface area contributed by atoms with E-state index in [0.29, 0.717) is 45.3 Å². The fraction of sp³-hybridized carbons (Fsp3) is 0.0938. The molecule has 0 saturated carbocycles. The average Bonchev–Trinajstić information content (AvgIpc) is 4.18. The summed E-state index contributed by atoms with van der Waals surface area (Å²) >= 11 is 0. The monoisotopic (exact) mass is 1120 g/mol. The molecule has 0 N–H and O–H groups in total. The topological polar surface area (TPSA) is 48.3 Å². The van der Waals surface area contributed by atoms with Gasteiger partial charge in [0.05, 0.1) is 36.1 Å². The van der Waals surface area contributed by atoms with Crippen molar-refractivity contribution in [2.45, 2.75) is 38.3 Å². The third-order valence-corrected chi connectivity index (χ3v) is 13.0. The maximum atomic E-state index is 9.17. The molecule has 3 aromatic heterocycles. The molecule has 4 heterocycles. The van der Waals surface area contributed by atoms with Crippen LogP contribution in [-0.2, 0) is 26.5 Å². The Labute approximate surface area is 447 Å². The van der Waals surface area contributed by atoms with Gasteiger partial charge in [0, 0.05) is 38.8 Å². The van der Waals surface area contributed by atoms with Crippen LogP contribution < -0.4 is 29.5 Å². The fourth-order valence-electron chi connectivity index (χ4n) is 9.75. The van der Waals surface area contributed by atoms with Crippen LogP contribution in [0.4, 0.5) is 11.4 Å². The summed E-state index contributed by atoms with van der Waals surface area (Å²) in [4.78, 5) is 7.08. The van der Waals surface area contributed by atoms with Crippen LogP contribution in [0.25, 0.3) is 73.5 Å². The fourth-order valence-corrected chi connectivity index (χ4v) is 9.75. The Morgan fingerprint density at radius 1 is 0.653 bits per heavy atom. The van der Waals surface area contributed by atoms with Gasteiger partial charge >= 0.3 is 0 Å². The molecule has 2 unspecified atom stereocenters. The number of hydrogen-bond donors (Lipinski definition) is 0. The van der Waals surface area contributed by atoms with Crippen LogP contribution in [0.5, 0.6) is 17.2 Å². The van der Waals surface area contributed by atoms with Crippen LogP contribution in [0.3, 0.4) is 0 Å². The first-order valence-electron chi connectivity index (χ1n) is 28.3. The number of fused-ring (bicyclic) bond motifs is 7. The molecule has 0 amide bonds. The molecule has 0 saturated heterocycles. The standard InChI is InChI=1S/C64H47N5O2.Pt/c1-64(2,3)45-36-37-65-62(38-45)69-52-29-11-10-26-50(52)51-40-61-57(41-56(51)69)68(55-32-14-15-33-58(55)70-59-34-16-17-35-60(59)71-61)47-25-18-24-46(39-47)66-42-67(54-31-13-12-30-53(54)66)63-48(43-20-6-4-7-21-43)27-19-28-49(63)44-22-8-5-9-23-44;/h4-38,40,57,61H,1-3H3;/q-2;/i4D,5D,6D,7D,8D,9D,20D,21D,22D,23D;. The number of imidazole rings is 1. The molecule has 8 aromatic carbocycles. The van der Waals surface area contributed by atoms with E-state index in [0.717, 1.165) is 32.9 Å². The van der Waals surface area contributed by atoms with Gasteiger partial charge in [0.15, 0.2) is 17.2 Å². The van der Waals surface area contributed by atoms with Crippen LogP contribution in [0.15, 0.2) is 212 Å². The van der Waals surface area contributed by atoms with Gasteiger partial charge in [0.1, 0.15) is 11.9 Å². The molecular weight excluding hydrogens is 1070 g/mol. The van der Waals surface area contributed by atoms with Crippen molar-refractivity contribution in [3.05, 3.63) is 241 Å². The molecule has 72 heavy (non-hydrogen) atoms. The first-order valence-corrected chi connectivity index (χ1v) is 23.3. The molecule has 7 nitrogen and oxygen atoms in total. The van der Waals surface area contributed by atoms with Gasteiger partial charge in [-0.05, 0) is 81.4 Å². The van der Waals surface area contributed by atoms with Gasteiger partial charge in [0.25, 0.3) is 6.33 Å². The van der Waals surface area contributed by atoms with E-state index in [4.69, 9.17) is 28.2 Å². The number of pyridine rings is 1. The smallest absolute Gasteiger partial charge is 0.268 e. The molecule has 2 aliphatic rings. The summed E-state index contributed by atoms with van der Waals surface area (Å²) in [5, 5.41) is 2.73. The Morgan fingerprint density at radius 3 is 2.04 bits per heavy atom. The first kappa shape index (κ1) is 34.9. The first-order chi connectivity index (χ1) is 39.0. The SMILES string of the molecule is [2H]c1c([2H])c([2H])c(-c2cccc(-c3c([2H])c([2H])c([2H])c([2H])c3[2H])c2-[n+]2[c-]n(-c3[c-]c(N4c5ccccc5Oc5ccccc5OC5C=c6c(n(-c7cc(C(C)(C)C)ccn7)c7ccccc67)=[C-]C54)ccc3)c3ccccc32)c([2H])c1[2H].[Pt]. The summed E-state index contributed by atoms with van der Waals surface area (Å²) in [6.07, 6.45) is 10.8. The quantitative estimate of drug-likeness (QED) is 0.123. The van der Waals surface area contributed by atoms with Crippen molar-refractivity contribution in [3.63, 3.8) is 0 Å². The molecule has 2 atom stereocenters. The number of benzene rings is 8. The summed E-state index contributed by atoms with van der Waals surface area (Å²) in [5.74, 6) is 2.35. The zero-order valence-corrected chi connectivity index (χ0v) is 41.3. The summed E-state index contributed by atoms with van der Waals surface area (Å²) < 4.78 is 108. The van der Waals surface area contributed by atoms with Gasteiger partial charge < -0.3 is 23.5 Å². The molecule has 8 heteroatoms. The van der Waals surface area contributed by atoms with Crippen LogP contribution in [0.2, 0.25) is 0 Å². The Bertz CT molecular complexity index is 4450. The Kier molecular flexibility index (Phi) is 8.82. The van der Waals surface area contributed by atoms with Gasteiger partial charge in [-0.3, -0.25) is 4.57 Å². The van der Waals surface area contributed by atoms with Crippen LogP contribution in [0, 0.1) is 12.4 Å². The largest absolute Gasteiger partial charge is 0.483 e. The molecule has 11 aromatic rings. The minimum atomic E-state index is -0.687. The summed E-state index contributed by atoms with van der Waals surface area (Å²) in [5.41, 5.74) is 4.93. The molecule has 0 bridgehead atoms. The molecule has 1 aliphatic heterocycles. The molecule has 0 fully saturated rings. The summed E-state index contributed by atoms with van der Waals surface area (Å²) in [6.45, 7) is 6.54. The van der Waals surface area contributed by atoms with Crippen molar-refractivity contribution >= 4 is 45.5 Å². The van der Waals surface area contributed by atoms with E-state index < -0.39 is 72.6 Å². The molecular formula is C64H47N5O2Pt-2. The van der Waals surface area contributed by atoms with Crippen molar-refractivity contribution in [1.82, 2.24) is 14.1 Å². The van der Waals surface area contributed by atoms with Crippen LogP contribution in [-0.4, -0.2) is 26.3 Å². The Hall–Kier alpha value is -8.25. The number of aromatic nitrogens is 4. The van der Waals surface area contributed by atoms with Crippen molar-refractivity contribution < 1.29 is 48.8 Å². The predicted molar refractivity (Wildman–Crippen MR) is 284 cm³/mol. The number of hydrogen-bond acceptors (Lipinski definition) is 4. The number of ether oxygens (including phenoxy) is 2. The second-order valence-corrected chi connectivity index (χ2v) is 18.4. The Balaban J connectivity index is 0.00000665. The van der Waals surface area contributed by atoms with E-state index in [1.165, 1.54) is 0 Å². The molecule has 1 aliphatic carbocycles. The minimum absolute atomic E-state index is 0. The Morgan fingerprint density at radius 2 is 1.29 bits per heavy atom. The number of nitrogens with zero attached hydrogens (tertiary/aromatic N) is 5. The van der Waals surface area contributed by atoms with Crippen LogP contribution >= 0.6 is 0 Å².